The molecule has 0 aromatic heterocycles. The first kappa shape index (κ1) is 19.2. The number of halogens is 1. The molecule has 1 aromatic rings. The second kappa shape index (κ2) is 6.75. The van der Waals surface area contributed by atoms with E-state index in [1.807, 2.05) is 18.2 Å². The summed E-state index contributed by atoms with van der Waals surface area (Å²) in [7, 11) is 1.67. The highest BCUT2D eigenvalue weighted by Crippen LogP contribution is 2.64. The van der Waals surface area contributed by atoms with Gasteiger partial charge in [0.25, 0.3) is 0 Å². The summed E-state index contributed by atoms with van der Waals surface area (Å²) in [6, 6.07) is 6.29. The quantitative estimate of drug-likeness (QED) is 0.558. The number of methoxy groups -OCH3 is 1. The van der Waals surface area contributed by atoms with Crippen molar-refractivity contribution in [3.05, 3.63) is 21.8 Å². The number of hydrogen-bond acceptors (Lipinski definition) is 3. The molecular formula is C22H29IN2O2. The van der Waals surface area contributed by atoms with Gasteiger partial charge in [0.1, 0.15) is 11.4 Å². The van der Waals surface area contributed by atoms with E-state index < -0.39 is 0 Å². The highest BCUT2D eigenvalue weighted by molar-refractivity contribution is 14.1. The minimum absolute atomic E-state index is 0.218. The van der Waals surface area contributed by atoms with Crippen molar-refractivity contribution in [3.63, 3.8) is 0 Å². The molecule has 0 N–H and O–H groups in total. The second-order valence-corrected chi connectivity index (χ2v) is 10.5. The molecule has 0 radical (unpaired) electrons. The number of amides is 1. The molecule has 3 atom stereocenters. The number of aliphatic imine (C=N–C) groups is 1. The van der Waals surface area contributed by atoms with E-state index in [0.717, 1.165) is 39.6 Å². The highest BCUT2D eigenvalue weighted by Gasteiger charge is 2.62. The van der Waals surface area contributed by atoms with Crippen LogP contribution in [0.25, 0.3) is 0 Å². The van der Waals surface area contributed by atoms with Crippen LogP contribution in [0.4, 0.5) is 5.69 Å². The Kier molecular flexibility index (Phi) is 4.80. The highest BCUT2D eigenvalue weighted by atomic mass is 127. The molecule has 5 heteroatoms. The first-order chi connectivity index (χ1) is 12.8. The minimum atomic E-state index is 0.218. The molecule has 1 heterocycles. The molecule has 0 spiro atoms. The van der Waals surface area contributed by atoms with Gasteiger partial charge in [0, 0.05) is 28.3 Å². The topological polar surface area (TPSA) is 41.9 Å². The molecule has 1 saturated heterocycles. The van der Waals surface area contributed by atoms with Crippen LogP contribution in [0.1, 0.15) is 52.9 Å². The number of carbonyl (C=O) groups excluding carboxylic acids is 1. The van der Waals surface area contributed by atoms with Gasteiger partial charge < -0.3 is 9.64 Å². The van der Waals surface area contributed by atoms with Crippen molar-refractivity contribution < 1.29 is 9.53 Å². The van der Waals surface area contributed by atoms with Gasteiger partial charge in [0.15, 0.2) is 0 Å². The smallest absolute Gasteiger partial charge is 0.228 e. The molecule has 4 nitrogen and oxygen atoms in total. The van der Waals surface area contributed by atoms with Gasteiger partial charge >= 0.3 is 0 Å². The van der Waals surface area contributed by atoms with Crippen molar-refractivity contribution in [2.24, 2.45) is 21.7 Å². The molecule has 3 fully saturated rings. The number of piperidine rings is 1. The zero-order chi connectivity index (χ0) is 19.4. The Labute approximate surface area is 175 Å². The fourth-order valence-electron chi connectivity index (χ4n) is 6.09. The number of rotatable bonds is 3. The summed E-state index contributed by atoms with van der Waals surface area (Å²) in [6.07, 6.45) is 5.14. The number of fused-ring (bicyclic) bond motifs is 2. The molecule has 2 aliphatic carbocycles. The van der Waals surface area contributed by atoms with Gasteiger partial charge in [-0.3, -0.25) is 9.79 Å². The predicted molar refractivity (Wildman–Crippen MR) is 117 cm³/mol. The maximum absolute atomic E-state index is 13.1. The number of para-hydroxylation sites is 1. The van der Waals surface area contributed by atoms with Crippen molar-refractivity contribution in [2.75, 3.05) is 13.7 Å². The Morgan fingerprint density at radius 3 is 2.70 bits per heavy atom. The summed E-state index contributed by atoms with van der Waals surface area (Å²) in [4.78, 5) is 20.2. The van der Waals surface area contributed by atoms with Crippen LogP contribution in [0, 0.1) is 20.3 Å². The van der Waals surface area contributed by atoms with Crippen LogP contribution in [0.5, 0.6) is 5.75 Å². The number of ether oxygens (including phenoxy) is 1. The van der Waals surface area contributed by atoms with Crippen molar-refractivity contribution in [1.82, 2.24) is 4.90 Å². The predicted octanol–water partition coefficient (Wildman–Crippen LogP) is 5.21. The van der Waals surface area contributed by atoms with Gasteiger partial charge in [-0.05, 0) is 70.7 Å². The average molecular weight is 480 g/mol. The van der Waals surface area contributed by atoms with Crippen molar-refractivity contribution in [2.45, 2.75) is 58.9 Å². The Hall–Kier alpha value is -1.11. The number of nitrogens with zero attached hydrogens (tertiary/aromatic N) is 2. The zero-order valence-electron chi connectivity index (χ0n) is 16.7. The van der Waals surface area contributed by atoms with Crippen molar-refractivity contribution in [3.8, 4) is 5.75 Å². The standard InChI is InChI=1S/C22H29IN2O2/c1-21(2)14-8-10-22(3,13-14)20(21)25-11-9-15(12-18(25)26)24-19-16(23)6-5-7-17(19)27-4/h5-7,14,20H,8-13H2,1-4H3/t14?,20-,22+/m1/s1. The molecule has 2 saturated carbocycles. The third-order valence-corrected chi connectivity index (χ3v) is 8.13. The van der Waals surface area contributed by atoms with E-state index in [4.69, 9.17) is 9.73 Å². The van der Waals surface area contributed by atoms with Gasteiger partial charge in [-0.25, -0.2) is 0 Å². The monoisotopic (exact) mass is 480 g/mol. The van der Waals surface area contributed by atoms with Crippen LogP contribution < -0.4 is 4.74 Å². The maximum atomic E-state index is 13.1. The second-order valence-electron chi connectivity index (χ2n) is 9.30. The third kappa shape index (κ3) is 3.10. The Bertz CT molecular complexity index is 799. The molecule has 1 aromatic carbocycles. The van der Waals surface area contributed by atoms with Crippen LogP contribution in [-0.4, -0.2) is 36.2 Å². The van der Waals surface area contributed by atoms with E-state index in [1.54, 1.807) is 7.11 Å². The average Bonchev–Trinajstić information content (AvgIpc) is 3.09. The molecule has 1 amide bonds. The van der Waals surface area contributed by atoms with Crippen LogP contribution in [-0.2, 0) is 4.79 Å². The van der Waals surface area contributed by atoms with Crippen LogP contribution in [0.3, 0.4) is 0 Å². The van der Waals surface area contributed by atoms with E-state index in [1.165, 1.54) is 19.3 Å². The Morgan fingerprint density at radius 1 is 1.30 bits per heavy atom. The molecule has 4 rings (SSSR count). The lowest BCUT2D eigenvalue weighted by Gasteiger charge is -2.50. The molecule has 3 aliphatic rings. The lowest BCUT2D eigenvalue weighted by molar-refractivity contribution is -0.139. The molecular weight excluding hydrogens is 451 g/mol. The third-order valence-electron chi connectivity index (χ3n) is 7.26. The summed E-state index contributed by atoms with van der Waals surface area (Å²) in [5.41, 5.74) is 2.33. The van der Waals surface area contributed by atoms with E-state index in [-0.39, 0.29) is 16.7 Å². The van der Waals surface area contributed by atoms with E-state index in [0.29, 0.717) is 12.5 Å². The largest absolute Gasteiger partial charge is 0.494 e. The first-order valence-electron chi connectivity index (χ1n) is 9.95. The lowest BCUT2D eigenvalue weighted by atomic mass is 9.67. The SMILES string of the molecule is COc1cccc(I)c1N=C1CCN([C@@H]2C(C)(C)C3CC[C@@]2(C)C3)C(=O)C1. The van der Waals surface area contributed by atoms with Crippen LogP contribution >= 0.6 is 22.6 Å². The minimum Gasteiger partial charge on any atom is -0.494 e. The number of likely N-dealkylation sites (tertiary alicyclic amines) is 1. The van der Waals surface area contributed by atoms with Gasteiger partial charge in [-0.1, -0.05) is 26.8 Å². The summed E-state index contributed by atoms with van der Waals surface area (Å²) < 4.78 is 6.52. The van der Waals surface area contributed by atoms with E-state index in [9.17, 15) is 4.79 Å². The molecule has 27 heavy (non-hydrogen) atoms. The van der Waals surface area contributed by atoms with Gasteiger partial charge in [-0.15, -0.1) is 0 Å². The maximum Gasteiger partial charge on any atom is 0.228 e. The number of carbonyl (C=O) groups is 1. The normalized spacial score (nSPS) is 33.7. The lowest BCUT2D eigenvalue weighted by Crippen LogP contribution is -2.57. The Morgan fingerprint density at radius 2 is 2.07 bits per heavy atom. The summed E-state index contributed by atoms with van der Waals surface area (Å²) in [5, 5.41) is 0. The summed E-state index contributed by atoms with van der Waals surface area (Å²) >= 11 is 2.28. The fourth-order valence-corrected chi connectivity index (χ4v) is 6.68. The van der Waals surface area contributed by atoms with Crippen molar-refractivity contribution >= 4 is 39.9 Å². The molecule has 1 unspecified atom stereocenters. The van der Waals surface area contributed by atoms with Gasteiger partial charge in [0.2, 0.25) is 5.91 Å². The van der Waals surface area contributed by atoms with Crippen molar-refractivity contribution in [1.29, 1.82) is 0 Å². The molecule has 146 valence electrons. The molecule has 1 aliphatic heterocycles. The Balaban J connectivity index is 1.57. The molecule has 2 bridgehead atoms. The summed E-state index contributed by atoms with van der Waals surface area (Å²) in [5.74, 6) is 1.77. The number of benzene rings is 1. The van der Waals surface area contributed by atoms with Crippen LogP contribution in [0.15, 0.2) is 23.2 Å². The number of hydrogen-bond donors (Lipinski definition) is 0. The van der Waals surface area contributed by atoms with E-state index in [2.05, 4.69) is 48.3 Å². The first-order valence-corrected chi connectivity index (χ1v) is 11.0. The zero-order valence-corrected chi connectivity index (χ0v) is 18.9. The van der Waals surface area contributed by atoms with E-state index >= 15 is 0 Å². The fraction of sp³-hybridized carbons (Fsp3) is 0.636. The van der Waals surface area contributed by atoms with Gasteiger partial charge in [0.05, 0.1) is 13.5 Å². The summed E-state index contributed by atoms with van der Waals surface area (Å²) in [6.45, 7) is 7.95. The van der Waals surface area contributed by atoms with Crippen LogP contribution in [0.2, 0.25) is 0 Å². The van der Waals surface area contributed by atoms with Gasteiger partial charge in [-0.2, -0.15) is 0 Å².